The largest absolute Gasteiger partial charge is 0.511 e. The van der Waals surface area contributed by atoms with Gasteiger partial charge >= 0.3 is 5.97 Å². The van der Waals surface area contributed by atoms with E-state index < -0.39 is 27.6 Å². The maximum absolute atomic E-state index is 12.4. The van der Waals surface area contributed by atoms with Crippen LogP contribution in [0.2, 0.25) is 0 Å². The highest BCUT2D eigenvalue weighted by molar-refractivity contribution is 7.90. The van der Waals surface area contributed by atoms with Gasteiger partial charge in [-0.2, -0.15) is 0 Å². The summed E-state index contributed by atoms with van der Waals surface area (Å²) in [5.41, 5.74) is 0.617. The number of nitrogens with zero attached hydrogens (tertiary/aromatic N) is 1. The third kappa shape index (κ3) is 4.85. The summed E-state index contributed by atoms with van der Waals surface area (Å²) >= 11 is 0. The Morgan fingerprint density at radius 1 is 1.27 bits per heavy atom. The first-order valence-corrected chi connectivity index (χ1v) is 11.1. The van der Waals surface area contributed by atoms with Gasteiger partial charge in [0.25, 0.3) is 0 Å². The minimum atomic E-state index is -3.37. The zero-order valence-electron chi connectivity index (χ0n) is 16.4. The first-order valence-electron chi connectivity index (χ1n) is 9.23. The van der Waals surface area contributed by atoms with Crippen LogP contribution < -0.4 is 4.74 Å². The van der Waals surface area contributed by atoms with Crippen LogP contribution >= 0.6 is 0 Å². The lowest BCUT2D eigenvalue weighted by Crippen LogP contribution is -2.31. The molecule has 1 aliphatic carbocycles. The number of aromatic nitrogens is 1. The highest BCUT2D eigenvalue weighted by Crippen LogP contribution is 2.38. The number of aliphatic hydroxyl groups excluding tert-OH is 1. The van der Waals surface area contributed by atoms with Gasteiger partial charge in [0.05, 0.1) is 11.5 Å². The van der Waals surface area contributed by atoms with Crippen LogP contribution in [0.1, 0.15) is 24.8 Å². The Bertz CT molecular complexity index is 1090. The second-order valence-electron chi connectivity index (χ2n) is 6.85. The molecule has 3 rings (SSSR count). The van der Waals surface area contributed by atoms with E-state index in [4.69, 9.17) is 9.47 Å². The molecule has 1 heterocycles. The fourth-order valence-electron chi connectivity index (χ4n) is 3.26. The molecule has 0 saturated heterocycles. The highest BCUT2D eigenvalue weighted by atomic mass is 32.2. The number of pyridine rings is 1. The van der Waals surface area contributed by atoms with Gasteiger partial charge in [-0.25, -0.2) is 13.4 Å². The van der Waals surface area contributed by atoms with Gasteiger partial charge in [-0.1, -0.05) is 12.1 Å². The van der Waals surface area contributed by atoms with Crippen LogP contribution in [-0.4, -0.2) is 43.1 Å². The number of allylic oxidation sites excluding steroid dienone is 1. The van der Waals surface area contributed by atoms with Crippen molar-refractivity contribution in [2.75, 3.05) is 12.9 Å². The zero-order chi connectivity index (χ0) is 21.9. The molecule has 9 heteroatoms. The summed E-state index contributed by atoms with van der Waals surface area (Å²) in [5.74, 6) is -2.23. The van der Waals surface area contributed by atoms with Crippen LogP contribution in [-0.2, 0) is 24.2 Å². The lowest BCUT2D eigenvalue weighted by Gasteiger charge is -2.28. The van der Waals surface area contributed by atoms with E-state index in [2.05, 4.69) is 4.98 Å². The van der Waals surface area contributed by atoms with E-state index in [1.165, 1.54) is 18.3 Å². The number of ether oxygens (including phenoxy) is 2. The summed E-state index contributed by atoms with van der Waals surface area (Å²) in [6.07, 6.45) is 3.39. The average molecular weight is 431 g/mol. The smallest absolute Gasteiger partial charge is 0.317 e. The SMILES string of the molecule is CCOC(=O)C1C(O)=CC(=O)CC1c1cccc(Oc2ccc(S(C)(=O)=O)cn2)c1. The average Bonchev–Trinajstić information content (AvgIpc) is 2.67. The topological polar surface area (TPSA) is 120 Å². The Labute approximate surface area is 174 Å². The van der Waals surface area contributed by atoms with Gasteiger partial charge in [0.2, 0.25) is 5.88 Å². The maximum Gasteiger partial charge on any atom is 0.317 e. The third-order valence-corrected chi connectivity index (χ3v) is 5.74. The van der Waals surface area contributed by atoms with Crippen LogP contribution in [0.3, 0.4) is 0 Å². The summed E-state index contributed by atoms with van der Waals surface area (Å²) in [5, 5.41) is 10.2. The van der Waals surface area contributed by atoms with Crippen LogP contribution in [0.4, 0.5) is 0 Å². The van der Waals surface area contributed by atoms with Crippen molar-refractivity contribution in [2.45, 2.75) is 24.2 Å². The zero-order valence-corrected chi connectivity index (χ0v) is 17.3. The van der Waals surface area contributed by atoms with Gasteiger partial charge < -0.3 is 14.6 Å². The predicted octanol–water partition coefficient (Wildman–Crippen LogP) is 2.96. The van der Waals surface area contributed by atoms with Gasteiger partial charge in [-0.3, -0.25) is 9.59 Å². The normalized spacial score (nSPS) is 19.1. The van der Waals surface area contributed by atoms with Crippen molar-refractivity contribution >= 4 is 21.6 Å². The number of hydrogen-bond donors (Lipinski definition) is 1. The number of ketones is 1. The van der Waals surface area contributed by atoms with Crippen molar-refractivity contribution in [1.29, 1.82) is 0 Å². The fraction of sp³-hybridized carbons (Fsp3) is 0.286. The van der Waals surface area contributed by atoms with E-state index in [-0.39, 0.29) is 35.3 Å². The molecule has 2 unspecified atom stereocenters. The molecule has 158 valence electrons. The minimum absolute atomic E-state index is 0.0400. The third-order valence-electron chi connectivity index (χ3n) is 4.64. The molecular formula is C21H21NO7S. The molecule has 30 heavy (non-hydrogen) atoms. The summed E-state index contributed by atoms with van der Waals surface area (Å²) in [6, 6.07) is 9.56. The Kier molecular flexibility index (Phi) is 6.21. The van der Waals surface area contributed by atoms with Crippen molar-refractivity contribution in [3.63, 3.8) is 0 Å². The van der Waals surface area contributed by atoms with Crippen LogP contribution in [0, 0.1) is 5.92 Å². The maximum atomic E-state index is 12.4. The van der Waals surface area contributed by atoms with Crippen molar-refractivity contribution in [1.82, 2.24) is 4.98 Å². The number of esters is 1. The molecular weight excluding hydrogens is 410 g/mol. The van der Waals surface area contributed by atoms with Gasteiger partial charge in [0, 0.05) is 36.9 Å². The number of hydrogen-bond acceptors (Lipinski definition) is 8. The molecule has 2 atom stereocenters. The Morgan fingerprint density at radius 3 is 2.67 bits per heavy atom. The molecule has 0 radical (unpaired) electrons. The molecule has 1 aromatic heterocycles. The van der Waals surface area contributed by atoms with Gasteiger partial charge in [0.15, 0.2) is 15.6 Å². The molecule has 0 aliphatic heterocycles. The van der Waals surface area contributed by atoms with Crippen LogP contribution in [0.25, 0.3) is 0 Å². The summed E-state index contributed by atoms with van der Waals surface area (Å²) in [6.45, 7) is 1.82. The van der Waals surface area contributed by atoms with E-state index in [1.54, 1.807) is 31.2 Å². The van der Waals surface area contributed by atoms with Crippen molar-refractivity contribution < 1.29 is 32.6 Å². The molecule has 1 aromatic carbocycles. The Morgan fingerprint density at radius 2 is 2.03 bits per heavy atom. The molecule has 0 saturated carbocycles. The molecule has 0 bridgehead atoms. The number of carbonyl (C=O) groups excluding carboxylic acids is 2. The highest BCUT2D eigenvalue weighted by Gasteiger charge is 2.39. The summed E-state index contributed by atoms with van der Waals surface area (Å²) < 4.78 is 33.8. The first kappa shape index (κ1) is 21.5. The molecule has 2 aromatic rings. The number of carbonyl (C=O) groups is 2. The molecule has 8 nitrogen and oxygen atoms in total. The molecule has 1 aliphatic rings. The number of aliphatic hydroxyl groups is 1. The molecule has 0 spiro atoms. The number of sulfone groups is 1. The van der Waals surface area contributed by atoms with E-state index in [9.17, 15) is 23.1 Å². The fourth-order valence-corrected chi connectivity index (χ4v) is 3.82. The van der Waals surface area contributed by atoms with Gasteiger partial charge in [-0.05, 0) is 30.7 Å². The van der Waals surface area contributed by atoms with E-state index >= 15 is 0 Å². The summed E-state index contributed by atoms with van der Waals surface area (Å²) in [4.78, 5) is 28.4. The molecule has 0 amide bonds. The summed E-state index contributed by atoms with van der Waals surface area (Å²) in [7, 11) is -3.37. The van der Waals surface area contributed by atoms with E-state index in [0.717, 1.165) is 12.3 Å². The predicted molar refractivity (Wildman–Crippen MR) is 107 cm³/mol. The van der Waals surface area contributed by atoms with Crippen LogP contribution in [0.5, 0.6) is 11.6 Å². The standard InChI is InChI=1S/C21H21NO7S/c1-3-28-21(25)20-17(10-14(23)11-18(20)24)13-5-4-6-15(9-13)29-19-8-7-16(12-22-19)30(2,26)27/h4-9,11-12,17,20,24H,3,10H2,1-2H3. The molecule has 0 fully saturated rings. The van der Waals surface area contributed by atoms with Crippen molar-refractivity contribution in [3.8, 4) is 11.6 Å². The second-order valence-corrected chi connectivity index (χ2v) is 8.87. The minimum Gasteiger partial charge on any atom is -0.511 e. The van der Waals surface area contributed by atoms with Gasteiger partial charge in [0.1, 0.15) is 17.4 Å². The number of rotatable bonds is 6. The van der Waals surface area contributed by atoms with Gasteiger partial charge in [-0.15, -0.1) is 0 Å². The molecule has 1 N–H and O–H groups in total. The van der Waals surface area contributed by atoms with Crippen molar-refractivity contribution in [2.24, 2.45) is 5.92 Å². The van der Waals surface area contributed by atoms with Crippen molar-refractivity contribution in [3.05, 3.63) is 60.0 Å². The first-order chi connectivity index (χ1) is 14.2. The van der Waals surface area contributed by atoms with E-state index in [1.807, 2.05) is 0 Å². The second kappa shape index (κ2) is 8.66. The monoisotopic (exact) mass is 431 g/mol. The quantitative estimate of drug-likeness (QED) is 0.693. The van der Waals surface area contributed by atoms with Crippen LogP contribution in [0.15, 0.2) is 59.3 Å². The lowest BCUT2D eigenvalue weighted by atomic mass is 9.77. The lowest BCUT2D eigenvalue weighted by molar-refractivity contribution is -0.148. The number of benzene rings is 1. The Hall–Kier alpha value is -3.20. The van der Waals surface area contributed by atoms with E-state index in [0.29, 0.717) is 11.3 Å². The Balaban J connectivity index is 1.87.